The lowest BCUT2D eigenvalue weighted by atomic mass is 10.2. The van der Waals surface area contributed by atoms with E-state index in [0.29, 0.717) is 6.04 Å². The second-order valence-corrected chi connectivity index (χ2v) is 5.85. The van der Waals surface area contributed by atoms with Gasteiger partial charge in [0.15, 0.2) is 0 Å². The van der Waals surface area contributed by atoms with Crippen LogP contribution >= 0.6 is 11.3 Å². The van der Waals surface area contributed by atoms with Gasteiger partial charge in [-0.1, -0.05) is 19.9 Å². The molecule has 0 aromatic carbocycles. The highest BCUT2D eigenvalue weighted by molar-refractivity contribution is 7.09. The highest BCUT2D eigenvalue weighted by Crippen LogP contribution is 2.15. The van der Waals surface area contributed by atoms with Crippen LogP contribution in [0.25, 0.3) is 0 Å². The molecule has 0 spiro atoms. The maximum atomic E-state index is 12.1. The number of carbonyl (C=O) groups is 1. The minimum Gasteiger partial charge on any atom is -0.341 e. The van der Waals surface area contributed by atoms with Crippen molar-refractivity contribution in [1.29, 1.82) is 0 Å². The first-order chi connectivity index (χ1) is 8.16. The van der Waals surface area contributed by atoms with E-state index in [9.17, 15) is 4.79 Å². The lowest BCUT2D eigenvalue weighted by Crippen LogP contribution is -2.41. The molecule has 3 nitrogen and oxygen atoms in total. The number of carbonyl (C=O) groups excluding carboxylic acids is 1. The van der Waals surface area contributed by atoms with Gasteiger partial charge in [0.25, 0.3) is 0 Å². The van der Waals surface area contributed by atoms with Crippen LogP contribution in [0.15, 0.2) is 17.5 Å². The Labute approximate surface area is 107 Å². The van der Waals surface area contributed by atoms with Crippen LogP contribution in [0.2, 0.25) is 0 Å². The summed E-state index contributed by atoms with van der Waals surface area (Å²) in [6, 6.07) is 4.61. The van der Waals surface area contributed by atoms with Crippen molar-refractivity contribution in [2.45, 2.75) is 38.8 Å². The van der Waals surface area contributed by atoms with Crippen molar-refractivity contribution in [3.05, 3.63) is 22.4 Å². The number of rotatable bonds is 5. The third-order valence-corrected chi connectivity index (χ3v) is 3.98. The van der Waals surface area contributed by atoms with E-state index < -0.39 is 0 Å². The van der Waals surface area contributed by atoms with Crippen LogP contribution in [0.5, 0.6) is 0 Å². The SMILES string of the molecule is CC(C)NC1CCN(CCc2cccs2)C1=O. The van der Waals surface area contributed by atoms with Gasteiger partial charge in [-0.3, -0.25) is 4.79 Å². The first-order valence-corrected chi connectivity index (χ1v) is 7.12. The summed E-state index contributed by atoms with van der Waals surface area (Å²) in [5, 5.41) is 5.41. The Morgan fingerprint density at radius 3 is 3.06 bits per heavy atom. The fourth-order valence-electron chi connectivity index (χ4n) is 2.22. The molecule has 2 rings (SSSR count). The van der Waals surface area contributed by atoms with Gasteiger partial charge in [0.1, 0.15) is 0 Å². The van der Waals surface area contributed by atoms with Crippen molar-refractivity contribution in [2.24, 2.45) is 0 Å². The molecule has 2 heterocycles. The zero-order valence-corrected chi connectivity index (χ0v) is 11.3. The molecule has 0 saturated carbocycles. The van der Waals surface area contributed by atoms with E-state index in [0.717, 1.165) is 25.9 Å². The van der Waals surface area contributed by atoms with Gasteiger partial charge in [0.2, 0.25) is 5.91 Å². The monoisotopic (exact) mass is 252 g/mol. The first-order valence-electron chi connectivity index (χ1n) is 6.24. The van der Waals surface area contributed by atoms with Gasteiger partial charge < -0.3 is 10.2 Å². The Kier molecular flexibility index (Phi) is 4.18. The molecule has 1 unspecified atom stereocenters. The van der Waals surface area contributed by atoms with Crippen LogP contribution in [0.1, 0.15) is 25.1 Å². The predicted octanol–water partition coefficient (Wildman–Crippen LogP) is 1.89. The zero-order chi connectivity index (χ0) is 12.3. The zero-order valence-electron chi connectivity index (χ0n) is 10.5. The molecule has 1 aromatic rings. The Morgan fingerprint density at radius 2 is 2.41 bits per heavy atom. The van der Waals surface area contributed by atoms with Gasteiger partial charge in [-0.2, -0.15) is 0 Å². The maximum Gasteiger partial charge on any atom is 0.239 e. The van der Waals surface area contributed by atoms with Crippen LogP contribution in [-0.4, -0.2) is 36.0 Å². The normalized spacial score (nSPS) is 20.5. The van der Waals surface area contributed by atoms with Crippen LogP contribution < -0.4 is 5.32 Å². The molecule has 1 amide bonds. The summed E-state index contributed by atoms with van der Waals surface area (Å²) in [6.07, 6.45) is 1.93. The van der Waals surface area contributed by atoms with Crippen LogP contribution in [0, 0.1) is 0 Å². The van der Waals surface area contributed by atoms with E-state index >= 15 is 0 Å². The van der Waals surface area contributed by atoms with Gasteiger partial charge in [0.05, 0.1) is 6.04 Å². The largest absolute Gasteiger partial charge is 0.341 e. The van der Waals surface area contributed by atoms with Gasteiger partial charge in [0, 0.05) is 24.0 Å². The molecule has 17 heavy (non-hydrogen) atoms. The average molecular weight is 252 g/mol. The molecular weight excluding hydrogens is 232 g/mol. The minimum absolute atomic E-state index is 0.0401. The number of hydrogen-bond acceptors (Lipinski definition) is 3. The Balaban J connectivity index is 1.81. The molecule has 4 heteroatoms. The highest BCUT2D eigenvalue weighted by Gasteiger charge is 2.31. The number of likely N-dealkylation sites (tertiary alicyclic amines) is 1. The van der Waals surface area contributed by atoms with Gasteiger partial charge in [-0.05, 0) is 24.3 Å². The summed E-state index contributed by atoms with van der Waals surface area (Å²) in [5.74, 6) is 0.273. The number of amides is 1. The molecule has 1 saturated heterocycles. The Morgan fingerprint density at radius 1 is 1.59 bits per heavy atom. The second kappa shape index (κ2) is 5.65. The Hall–Kier alpha value is -0.870. The summed E-state index contributed by atoms with van der Waals surface area (Å²) >= 11 is 1.77. The molecule has 0 aliphatic carbocycles. The summed E-state index contributed by atoms with van der Waals surface area (Å²) in [5.41, 5.74) is 0. The summed E-state index contributed by atoms with van der Waals surface area (Å²) < 4.78 is 0. The van der Waals surface area contributed by atoms with Crippen LogP contribution in [0.3, 0.4) is 0 Å². The topological polar surface area (TPSA) is 32.3 Å². The smallest absolute Gasteiger partial charge is 0.239 e. The van der Waals surface area contributed by atoms with E-state index in [2.05, 4.69) is 36.7 Å². The molecule has 1 aromatic heterocycles. The average Bonchev–Trinajstić information content (AvgIpc) is 2.88. The van der Waals surface area contributed by atoms with Crippen molar-refractivity contribution < 1.29 is 4.79 Å². The molecule has 94 valence electrons. The number of nitrogens with one attached hydrogen (secondary N) is 1. The molecule has 1 fully saturated rings. The summed E-state index contributed by atoms with van der Waals surface area (Å²) in [7, 11) is 0. The van der Waals surface area contributed by atoms with Crippen molar-refractivity contribution in [1.82, 2.24) is 10.2 Å². The minimum atomic E-state index is 0.0401. The standard InChI is InChI=1S/C13H20N2OS/c1-10(2)14-12-6-8-15(13(12)16)7-5-11-4-3-9-17-11/h3-4,9-10,12,14H,5-8H2,1-2H3. The molecule has 1 aliphatic heterocycles. The fourth-order valence-corrected chi connectivity index (χ4v) is 2.92. The number of thiophene rings is 1. The third kappa shape index (κ3) is 3.30. The predicted molar refractivity (Wildman–Crippen MR) is 71.3 cm³/mol. The molecule has 1 N–H and O–H groups in total. The second-order valence-electron chi connectivity index (χ2n) is 4.82. The lowest BCUT2D eigenvalue weighted by molar-refractivity contribution is -0.129. The molecule has 1 atom stereocenters. The summed E-state index contributed by atoms with van der Waals surface area (Å²) in [4.78, 5) is 15.4. The molecule has 1 aliphatic rings. The van der Waals surface area contributed by atoms with E-state index in [-0.39, 0.29) is 11.9 Å². The molecule has 0 bridgehead atoms. The van der Waals surface area contributed by atoms with Crippen molar-refractivity contribution >= 4 is 17.2 Å². The van der Waals surface area contributed by atoms with Crippen molar-refractivity contribution in [3.63, 3.8) is 0 Å². The Bertz CT molecular complexity index is 362. The first kappa shape index (κ1) is 12.6. The van der Waals surface area contributed by atoms with E-state index in [1.807, 2.05) is 4.90 Å². The summed E-state index contributed by atoms with van der Waals surface area (Å²) in [6.45, 7) is 5.92. The van der Waals surface area contributed by atoms with E-state index in [1.165, 1.54) is 4.88 Å². The number of hydrogen-bond donors (Lipinski definition) is 1. The van der Waals surface area contributed by atoms with Crippen molar-refractivity contribution in [2.75, 3.05) is 13.1 Å². The maximum absolute atomic E-state index is 12.1. The molecular formula is C13H20N2OS. The van der Waals surface area contributed by atoms with E-state index in [1.54, 1.807) is 11.3 Å². The van der Waals surface area contributed by atoms with E-state index in [4.69, 9.17) is 0 Å². The van der Waals surface area contributed by atoms with Gasteiger partial charge >= 0.3 is 0 Å². The van der Waals surface area contributed by atoms with Crippen molar-refractivity contribution in [3.8, 4) is 0 Å². The number of nitrogens with zero attached hydrogens (tertiary/aromatic N) is 1. The highest BCUT2D eigenvalue weighted by atomic mass is 32.1. The lowest BCUT2D eigenvalue weighted by Gasteiger charge is -2.18. The van der Waals surface area contributed by atoms with Crippen LogP contribution in [0.4, 0.5) is 0 Å². The van der Waals surface area contributed by atoms with Crippen LogP contribution in [-0.2, 0) is 11.2 Å². The third-order valence-electron chi connectivity index (χ3n) is 3.04. The molecule has 0 radical (unpaired) electrons. The fraction of sp³-hybridized carbons (Fsp3) is 0.615. The van der Waals surface area contributed by atoms with Gasteiger partial charge in [-0.25, -0.2) is 0 Å². The van der Waals surface area contributed by atoms with Gasteiger partial charge in [-0.15, -0.1) is 11.3 Å². The quantitative estimate of drug-likeness (QED) is 0.868.